The van der Waals surface area contributed by atoms with E-state index in [1.54, 1.807) is 0 Å². The van der Waals surface area contributed by atoms with E-state index in [1.807, 2.05) is 25.8 Å². The van der Waals surface area contributed by atoms with Crippen LogP contribution in [-0.4, -0.2) is 34.9 Å². The summed E-state index contributed by atoms with van der Waals surface area (Å²) in [5.41, 5.74) is 5.49. The van der Waals surface area contributed by atoms with Crippen LogP contribution in [0.1, 0.15) is 19.4 Å². The second-order valence-corrected chi connectivity index (χ2v) is 5.87. The number of hydrogen-bond acceptors (Lipinski definition) is 6. The van der Waals surface area contributed by atoms with Crippen molar-refractivity contribution in [2.75, 3.05) is 20.1 Å². The lowest BCUT2D eigenvalue weighted by molar-refractivity contribution is -0.394. The Kier molecular flexibility index (Phi) is 5.34. The summed E-state index contributed by atoms with van der Waals surface area (Å²) in [6.45, 7) is 5.51. The molecule has 1 rings (SSSR count). The third kappa shape index (κ3) is 4.76. The predicted molar refractivity (Wildman–Crippen MR) is 78.9 cm³/mol. The maximum absolute atomic E-state index is 11.1. The van der Waals surface area contributed by atoms with Crippen LogP contribution in [0.5, 0.6) is 0 Å². The van der Waals surface area contributed by atoms with Crippen LogP contribution in [0.3, 0.4) is 0 Å². The zero-order valence-corrected chi connectivity index (χ0v) is 12.4. The SMILES string of the molecule is CN(Cc1ccc([N+](=O)[O-])cc1[N+](=O)[O-])CC(C)(C)CN. The van der Waals surface area contributed by atoms with Crippen molar-refractivity contribution in [3.05, 3.63) is 44.0 Å². The van der Waals surface area contributed by atoms with E-state index in [2.05, 4.69) is 0 Å². The Morgan fingerprint density at radius 2 is 1.86 bits per heavy atom. The molecule has 0 aliphatic carbocycles. The van der Waals surface area contributed by atoms with Crippen LogP contribution in [-0.2, 0) is 6.54 Å². The van der Waals surface area contributed by atoms with Gasteiger partial charge >= 0.3 is 0 Å². The number of nitrogens with zero attached hydrogens (tertiary/aromatic N) is 3. The van der Waals surface area contributed by atoms with Crippen molar-refractivity contribution in [2.45, 2.75) is 20.4 Å². The maximum atomic E-state index is 11.1. The second kappa shape index (κ2) is 6.59. The van der Waals surface area contributed by atoms with Gasteiger partial charge in [0.05, 0.1) is 15.9 Å². The summed E-state index contributed by atoms with van der Waals surface area (Å²) in [6, 6.07) is 3.71. The topological polar surface area (TPSA) is 116 Å². The number of nitrogens with two attached hydrogens (primary N) is 1. The molecule has 0 heterocycles. The largest absolute Gasteiger partial charge is 0.330 e. The molecule has 0 radical (unpaired) electrons. The molecule has 0 amide bonds. The lowest BCUT2D eigenvalue weighted by Crippen LogP contribution is -2.36. The summed E-state index contributed by atoms with van der Waals surface area (Å²) < 4.78 is 0. The van der Waals surface area contributed by atoms with E-state index in [0.29, 0.717) is 25.2 Å². The van der Waals surface area contributed by atoms with Crippen molar-refractivity contribution in [3.63, 3.8) is 0 Å². The predicted octanol–water partition coefficient (Wildman–Crippen LogP) is 1.92. The molecule has 8 heteroatoms. The molecular formula is C13H20N4O4. The molecule has 0 spiro atoms. The molecule has 0 aromatic heterocycles. The highest BCUT2D eigenvalue weighted by Crippen LogP contribution is 2.26. The highest BCUT2D eigenvalue weighted by atomic mass is 16.6. The number of nitro groups is 2. The van der Waals surface area contributed by atoms with Crippen molar-refractivity contribution >= 4 is 11.4 Å². The van der Waals surface area contributed by atoms with Gasteiger partial charge in [-0.2, -0.15) is 0 Å². The molecule has 8 nitrogen and oxygen atoms in total. The molecule has 0 saturated carbocycles. The quantitative estimate of drug-likeness (QED) is 0.607. The van der Waals surface area contributed by atoms with Crippen LogP contribution in [0.4, 0.5) is 11.4 Å². The van der Waals surface area contributed by atoms with Crippen LogP contribution in [0.15, 0.2) is 18.2 Å². The number of nitro benzene ring substituents is 2. The lowest BCUT2D eigenvalue weighted by Gasteiger charge is -2.28. The summed E-state index contributed by atoms with van der Waals surface area (Å²) in [5.74, 6) is 0. The first-order valence-corrected chi connectivity index (χ1v) is 6.46. The molecule has 0 atom stereocenters. The number of rotatable bonds is 7. The molecule has 2 N–H and O–H groups in total. The van der Waals surface area contributed by atoms with Gasteiger partial charge in [0.1, 0.15) is 0 Å². The van der Waals surface area contributed by atoms with Gasteiger partial charge in [-0.3, -0.25) is 20.2 Å². The zero-order valence-electron chi connectivity index (χ0n) is 12.4. The van der Waals surface area contributed by atoms with Crippen LogP contribution in [0.25, 0.3) is 0 Å². The molecule has 21 heavy (non-hydrogen) atoms. The number of benzene rings is 1. The van der Waals surface area contributed by atoms with Crippen molar-refractivity contribution in [1.82, 2.24) is 4.90 Å². The van der Waals surface area contributed by atoms with Crippen molar-refractivity contribution < 1.29 is 9.85 Å². The van der Waals surface area contributed by atoms with E-state index < -0.39 is 9.85 Å². The Bertz CT molecular complexity index is 545. The Morgan fingerprint density at radius 3 is 2.33 bits per heavy atom. The van der Waals surface area contributed by atoms with Gasteiger partial charge in [0.2, 0.25) is 0 Å². The molecule has 0 aliphatic heterocycles. The monoisotopic (exact) mass is 296 g/mol. The van der Waals surface area contributed by atoms with Crippen LogP contribution < -0.4 is 5.73 Å². The van der Waals surface area contributed by atoms with Gasteiger partial charge < -0.3 is 10.6 Å². The number of hydrogen-bond donors (Lipinski definition) is 1. The van der Waals surface area contributed by atoms with Gasteiger partial charge in [-0.05, 0) is 25.1 Å². The Hall–Kier alpha value is -2.06. The molecule has 0 saturated heterocycles. The second-order valence-electron chi connectivity index (χ2n) is 5.87. The average Bonchev–Trinajstić information content (AvgIpc) is 2.37. The molecule has 0 fully saturated rings. The first-order chi connectivity index (χ1) is 9.66. The Balaban J connectivity index is 2.97. The van der Waals surface area contributed by atoms with Crippen LogP contribution in [0, 0.1) is 25.6 Å². The van der Waals surface area contributed by atoms with E-state index in [9.17, 15) is 20.2 Å². The van der Waals surface area contributed by atoms with Gasteiger partial charge in [-0.1, -0.05) is 13.8 Å². The van der Waals surface area contributed by atoms with E-state index in [-0.39, 0.29) is 16.8 Å². The van der Waals surface area contributed by atoms with Gasteiger partial charge in [0, 0.05) is 24.7 Å². The van der Waals surface area contributed by atoms with Gasteiger partial charge in [-0.25, -0.2) is 0 Å². The minimum atomic E-state index is -0.641. The standard InChI is InChI=1S/C13H20N4O4/c1-13(2,8-14)9-15(3)7-10-4-5-11(16(18)19)6-12(10)17(20)21/h4-6H,7-9,14H2,1-3H3. The minimum Gasteiger partial charge on any atom is -0.330 e. The van der Waals surface area contributed by atoms with E-state index in [0.717, 1.165) is 6.07 Å². The van der Waals surface area contributed by atoms with Crippen molar-refractivity contribution in [1.29, 1.82) is 0 Å². The average molecular weight is 296 g/mol. The Labute approximate surface area is 122 Å². The highest BCUT2D eigenvalue weighted by molar-refractivity contribution is 5.49. The maximum Gasteiger partial charge on any atom is 0.280 e. The third-order valence-corrected chi connectivity index (χ3v) is 3.17. The normalized spacial score (nSPS) is 11.7. The summed E-state index contributed by atoms with van der Waals surface area (Å²) in [7, 11) is 1.84. The lowest BCUT2D eigenvalue weighted by atomic mass is 9.93. The fourth-order valence-electron chi connectivity index (χ4n) is 2.11. The molecule has 0 aliphatic rings. The van der Waals surface area contributed by atoms with Crippen LogP contribution >= 0.6 is 0 Å². The fraction of sp³-hybridized carbons (Fsp3) is 0.538. The highest BCUT2D eigenvalue weighted by Gasteiger charge is 2.23. The minimum absolute atomic E-state index is 0.107. The fourth-order valence-corrected chi connectivity index (χ4v) is 2.11. The van der Waals surface area contributed by atoms with Crippen LogP contribution in [0.2, 0.25) is 0 Å². The summed E-state index contributed by atoms with van der Waals surface area (Å²) in [5, 5.41) is 21.8. The van der Waals surface area contributed by atoms with Gasteiger partial charge in [0.25, 0.3) is 11.4 Å². The number of non-ortho nitro benzene ring substituents is 1. The zero-order chi connectivity index (χ0) is 16.2. The van der Waals surface area contributed by atoms with Gasteiger partial charge in [0.15, 0.2) is 0 Å². The first kappa shape index (κ1) is 17.0. The van der Waals surface area contributed by atoms with E-state index in [4.69, 9.17) is 5.73 Å². The Morgan fingerprint density at radius 1 is 1.24 bits per heavy atom. The van der Waals surface area contributed by atoms with Gasteiger partial charge in [-0.15, -0.1) is 0 Å². The molecular weight excluding hydrogens is 276 g/mol. The molecule has 0 unspecified atom stereocenters. The molecule has 1 aromatic carbocycles. The first-order valence-electron chi connectivity index (χ1n) is 6.46. The smallest absolute Gasteiger partial charge is 0.280 e. The van der Waals surface area contributed by atoms with Crippen molar-refractivity contribution in [2.24, 2.45) is 11.1 Å². The summed E-state index contributed by atoms with van der Waals surface area (Å²) >= 11 is 0. The summed E-state index contributed by atoms with van der Waals surface area (Å²) in [6.07, 6.45) is 0. The van der Waals surface area contributed by atoms with E-state index in [1.165, 1.54) is 12.1 Å². The molecule has 0 bridgehead atoms. The molecule has 1 aromatic rings. The molecule has 116 valence electrons. The third-order valence-electron chi connectivity index (χ3n) is 3.17. The van der Waals surface area contributed by atoms with E-state index >= 15 is 0 Å². The summed E-state index contributed by atoms with van der Waals surface area (Å²) in [4.78, 5) is 22.4. The van der Waals surface area contributed by atoms with Crippen molar-refractivity contribution in [3.8, 4) is 0 Å².